The molecule has 0 radical (unpaired) electrons. The number of rotatable bonds is 9. The molecule has 1 aliphatic carbocycles. The van der Waals surface area contributed by atoms with Crippen molar-refractivity contribution in [1.29, 1.82) is 0 Å². The van der Waals surface area contributed by atoms with E-state index in [1.54, 1.807) is 7.11 Å². The summed E-state index contributed by atoms with van der Waals surface area (Å²) in [5.41, 5.74) is 2.60. The Kier molecular flexibility index (Phi) is 6.07. The summed E-state index contributed by atoms with van der Waals surface area (Å²) >= 11 is 0. The Morgan fingerprint density at radius 1 is 1.19 bits per heavy atom. The monoisotopic (exact) mass is 291 g/mol. The maximum atomic E-state index is 6.00. The molecule has 2 rings (SSSR count). The van der Waals surface area contributed by atoms with Crippen molar-refractivity contribution in [3.63, 3.8) is 0 Å². The molecule has 0 amide bonds. The number of hydrogen-bond acceptors (Lipinski definition) is 3. The molecule has 1 saturated carbocycles. The zero-order valence-electron chi connectivity index (χ0n) is 13.8. The third kappa shape index (κ3) is 5.01. The van der Waals surface area contributed by atoms with Crippen LogP contribution in [0.4, 0.5) is 0 Å². The summed E-state index contributed by atoms with van der Waals surface area (Å²) in [4.78, 5) is 0. The molecule has 0 aliphatic heterocycles. The van der Waals surface area contributed by atoms with Crippen LogP contribution in [0.15, 0.2) is 18.2 Å². The molecule has 0 saturated heterocycles. The van der Waals surface area contributed by atoms with Crippen LogP contribution in [0.1, 0.15) is 63.1 Å². The van der Waals surface area contributed by atoms with E-state index in [0.29, 0.717) is 18.6 Å². The Morgan fingerprint density at radius 3 is 2.57 bits per heavy atom. The van der Waals surface area contributed by atoms with E-state index < -0.39 is 0 Å². The summed E-state index contributed by atoms with van der Waals surface area (Å²) in [7, 11) is 1.73. The molecule has 21 heavy (non-hydrogen) atoms. The third-order valence-electron chi connectivity index (χ3n) is 3.97. The minimum Gasteiger partial charge on any atom is -0.493 e. The second-order valence-corrected chi connectivity index (χ2v) is 6.31. The average Bonchev–Trinajstić information content (AvgIpc) is 3.27. The van der Waals surface area contributed by atoms with Crippen LogP contribution in [0.3, 0.4) is 0 Å². The van der Waals surface area contributed by atoms with E-state index in [-0.39, 0.29) is 0 Å². The van der Waals surface area contributed by atoms with Crippen LogP contribution < -0.4 is 10.1 Å². The predicted molar refractivity (Wildman–Crippen MR) is 87.1 cm³/mol. The fourth-order valence-corrected chi connectivity index (χ4v) is 2.51. The third-order valence-corrected chi connectivity index (χ3v) is 3.97. The molecule has 1 aromatic carbocycles. The van der Waals surface area contributed by atoms with Gasteiger partial charge < -0.3 is 14.8 Å². The van der Waals surface area contributed by atoms with Gasteiger partial charge in [-0.25, -0.2) is 0 Å². The van der Waals surface area contributed by atoms with Gasteiger partial charge in [-0.2, -0.15) is 0 Å². The van der Waals surface area contributed by atoms with Gasteiger partial charge in [0.15, 0.2) is 0 Å². The van der Waals surface area contributed by atoms with Gasteiger partial charge in [0.05, 0.1) is 6.61 Å². The molecule has 118 valence electrons. The summed E-state index contributed by atoms with van der Waals surface area (Å²) < 4.78 is 11.1. The Bertz CT molecular complexity index is 441. The van der Waals surface area contributed by atoms with Crippen molar-refractivity contribution in [2.24, 2.45) is 0 Å². The Morgan fingerprint density at radius 2 is 1.95 bits per heavy atom. The van der Waals surface area contributed by atoms with Crippen molar-refractivity contribution in [2.75, 3.05) is 20.3 Å². The van der Waals surface area contributed by atoms with Gasteiger partial charge in [-0.15, -0.1) is 0 Å². The second-order valence-electron chi connectivity index (χ2n) is 6.31. The highest BCUT2D eigenvalue weighted by Gasteiger charge is 2.23. The van der Waals surface area contributed by atoms with Crippen molar-refractivity contribution in [3.8, 4) is 5.75 Å². The minimum absolute atomic E-state index is 0.389. The quantitative estimate of drug-likeness (QED) is 0.697. The number of ether oxygens (including phenoxy) is 2. The lowest BCUT2D eigenvalue weighted by molar-refractivity contribution is 0.171. The Labute approximate surface area is 129 Å². The zero-order valence-corrected chi connectivity index (χ0v) is 13.8. The normalized spacial score (nSPS) is 16.2. The summed E-state index contributed by atoms with van der Waals surface area (Å²) in [6, 6.07) is 7.77. The van der Waals surface area contributed by atoms with Gasteiger partial charge in [-0.1, -0.05) is 26.0 Å². The molecule has 0 heterocycles. The molecule has 1 fully saturated rings. The highest BCUT2D eigenvalue weighted by molar-refractivity contribution is 5.40. The summed E-state index contributed by atoms with van der Waals surface area (Å²) in [6.45, 7) is 8.11. The molecule has 0 spiro atoms. The van der Waals surface area contributed by atoms with E-state index in [9.17, 15) is 0 Å². The van der Waals surface area contributed by atoms with Gasteiger partial charge in [-0.3, -0.25) is 0 Å². The van der Waals surface area contributed by atoms with Crippen LogP contribution in [0, 0.1) is 0 Å². The molecular weight excluding hydrogens is 262 g/mol. The van der Waals surface area contributed by atoms with Gasteiger partial charge in [-0.05, 0) is 42.9 Å². The lowest BCUT2D eigenvalue weighted by Crippen LogP contribution is -2.20. The summed E-state index contributed by atoms with van der Waals surface area (Å²) in [5.74, 6) is 1.51. The van der Waals surface area contributed by atoms with Crippen molar-refractivity contribution >= 4 is 0 Å². The topological polar surface area (TPSA) is 30.5 Å². The highest BCUT2D eigenvalue weighted by atomic mass is 16.5. The molecule has 3 nitrogen and oxygen atoms in total. The van der Waals surface area contributed by atoms with Crippen LogP contribution >= 0.6 is 0 Å². The van der Waals surface area contributed by atoms with Gasteiger partial charge >= 0.3 is 0 Å². The van der Waals surface area contributed by atoms with E-state index >= 15 is 0 Å². The van der Waals surface area contributed by atoms with E-state index in [1.165, 1.54) is 24.0 Å². The van der Waals surface area contributed by atoms with Gasteiger partial charge in [0.1, 0.15) is 5.75 Å². The molecule has 3 heteroatoms. The second kappa shape index (κ2) is 7.81. The van der Waals surface area contributed by atoms with Crippen LogP contribution in [-0.2, 0) is 4.74 Å². The molecule has 0 bridgehead atoms. The summed E-state index contributed by atoms with van der Waals surface area (Å²) in [5, 5.41) is 3.65. The predicted octanol–water partition coefficient (Wildman–Crippen LogP) is 4.04. The first-order valence-electron chi connectivity index (χ1n) is 8.13. The first-order chi connectivity index (χ1) is 10.1. The molecule has 1 aliphatic rings. The van der Waals surface area contributed by atoms with E-state index in [4.69, 9.17) is 9.47 Å². The van der Waals surface area contributed by atoms with Crippen molar-refractivity contribution < 1.29 is 9.47 Å². The van der Waals surface area contributed by atoms with E-state index in [2.05, 4.69) is 44.3 Å². The largest absolute Gasteiger partial charge is 0.493 e. The fraction of sp³-hybridized carbons (Fsp3) is 0.667. The minimum atomic E-state index is 0.389. The molecule has 1 N–H and O–H groups in total. The number of benzene rings is 1. The Balaban J connectivity index is 2.05. The molecule has 1 atom stereocenters. The number of nitrogens with one attached hydrogen (secondary N) is 1. The SMILES string of the molecule is COCCCOc1cc(C(C)NC2CC2)ccc1C(C)C. The van der Waals surface area contributed by atoms with Crippen LogP contribution in [-0.4, -0.2) is 26.4 Å². The van der Waals surface area contributed by atoms with Crippen LogP contribution in [0.5, 0.6) is 5.75 Å². The lowest BCUT2D eigenvalue weighted by Gasteiger charge is -2.19. The first kappa shape index (κ1) is 16.3. The van der Waals surface area contributed by atoms with Crippen molar-refractivity contribution in [2.45, 2.75) is 58.0 Å². The van der Waals surface area contributed by atoms with Crippen molar-refractivity contribution in [3.05, 3.63) is 29.3 Å². The molecular formula is C18H29NO2. The number of methoxy groups -OCH3 is 1. The first-order valence-corrected chi connectivity index (χ1v) is 8.13. The maximum Gasteiger partial charge on any atom is 0.123 e. The standard InChI is InChI=1S/C18H29NO2/c1-13(2)17-9-6-15(14(3)19-16-7-8-16)12-18(17)21-11-5-10-20-4/h6,9,12-14,16,19H,5,7-8,10-11H2,1-4H3. The molecule has 1 unspecified atom stereocenters. The lowest BCUT2D eigenvalue weighted by atomic mass is 9.98. The fourth-order valence-electron chi connectivity index (χ4n) is 2.51. The maximum absolute atomic E-state index is 6.00. The van der Waals surface area contributed by atoms with Gasteiger partial charge in [0, 0.05) is 32.2 Å². The van der Waals surface area contributed by atoms with Crippen LogP contribution in [0.2, 0.25) is 0 Å². The van der Waals surface area contributed by atoms with E-state index in [1.807, 2.05) is 0 Å². The zero-order chi connectivity index (χ0) is 15.2. The van der Waals surface area contributed by atoms with Crippen molar-refractivity contribution in [1.82, 2.24) is 5.32 Å². The van der Waals surface area contributed by atoms with E-state index in [0.717, 1.165) is 24.8 Å². The summed E-state index contributed by atoms with van der Waals surface area (Å²) in [6.07, 6.45) is 3.55. The van der Waals surface area contributed by atoms with Crippen LogP contribution in [0.25, 0.3) is 0 Å². The van der Waals surface area contributed by atoms with Gasteiger partial charge in [0.25, 0.3) is 0 Å². The highest BCUT2D eigenvalue weighted by Crippen LogP contribution is 2.31. The molecule has 1 aromatic rings. The number of hydrogen-bond donors (Lipinski definition) is 1. The smallest absolute Gasteiger partial charge is 0.123 e. The molecule has 0 aromatic heterocycles. The Hall–Kier alpha value is -1.06. The average molecular weight is 291 g/mol. The van der Waals surface area contributed by atoms with Gasteiger partial charge in [0.2, 0.25) is 0 Å².